The van der Waals surface area contributed by atoms with Crippen LogP contribution >= 0.6 is 0 Å². The van der Waals surface area contributed by atoms with Gasteiger partial charge in [-0.15, -0.1) is 0 Å². The first-order valence-corrected chi connectivity index (χ1v) is 20.0. The van der Waals surface area contributed by atoms with Crippen LogP contribution in [0.15, 0.2) is 0 Å². The normalized spacial score (nSPS) is 28.8. The molecule has 2 N–H and O–H groups in total. The highest BCUT2D eigenvalue weighted by atomic mass is 16.5. The lowest BCUT2D eigenvalue weighted by molar-refractivity contribution is -0.147. The summed E-state index contributed by atoms with van der Waals surface area (Å²) in [5, 5.41) is 0. The van der Waals surface area contributed by atoms with Gasteiger partial charge in [0.1, 0.15) is 5.78 Å². The summed E-state index contributed by atoms with van der Waals surface area (Å²) in [6.07, 6.45) is 7.96. The molecule has 2 spiro atoms. The van der Waals surface area contributed by atoms with Crippen LogP contribution in [0.2, 0.25) is 0 Å². The fourth-order valence-electron chi connectivity index (χ4n) is 10.9. The Morgan fingerprint density at radius 3 is 1.96 bits per heavy atom. The van der Waals surface area contributed by atoms with Gasteiger partial charge in [-0.3, -0.25) is 28.9 Å². The summed E-state index contributed by atoms with van der Waals surface area (Å²) in [4.78, 5) is 72.9. The molecule has 3 saturated carbocycles. The molecule has 288 valence electrons. The summed E-state index contributed by atoms with van der Waals surface area (Å²) in [5.74, 6) is -2.74. The topological polar surface area (TPSA) is 127 Å². The number of nitrogens with two attached hydrogens (primary N) is 1. The summed E-state index contributed by atoms with van der Waals surface area (Å²) in [5.41, 5.74) is 4.57. The minimum absolute atomic E-state index is 0.0127. The van der Waals surface area contributed by atoms with Crippen molar-refractivity contribution in [3.05, 3.63) is 0 Å². The molecule has 5 fully saturated rings. The predicted molar refractivity (Wildman–Crippen MR) is 198 cm³/mol. The molecule has 0 aromatic carbocycles. The molecule has 2 saturated heterocycles. The van der Waals surface area contributed by atoms with Crippen LogP contribution in [0, 0.1) is 50.7 Å². The highest BCUT2D eigenvalue weighted by molar-refractivity contribution is 6.36. The molecule has 2 aliphatic heterocycles. The Labute approximate surface area is 307 Å². The van der Waals surface area contributed by atoms with Crippen LogP contribution in [0.25, 0.3) is 0 Å². The molecular weight excluding hydrogens is 642 g/mol. The molecule has 3 aliphatic carbocycles. The summed E-state index contributed by atoms with van der Waals surface area (Å²) >= 11 is 0. The van der Waals surface area contributed by atoms with Gasteiger partial charge in [0, 0.05) is 62.7 Å². The van der Waals surface area contributed by atoms with Crippen molar-refractivity contribution in [2.45, 2.75) is 152 Å². The highest BCUT2D eigenvalue weighted by Crippen LogP contribution is 2.88. The van der Waals surface area contributed by atoms with Crippen LogP contribution in [-0.2, 0) is 28.7 Å². The molecule has 5 aliphatic rings. The number of rotatable bonds is 14. The van der Waals surface area contributed by atoms with E-state index in [1.165, 1.54) is 0 Å². The number of primary amides is 1. The Balaban J connectivity index is 1.38. The average Bonchev–Trinajstić information content (AvgIpc) is 3.18. The van der Waals surface area contributed by atoms with E-state index in [0.29, 0.717) is 38.3 Å². The Morgan fingerprint density at radius 2 is 1.49 bits per heavy atom. The van der Waals surface area contributed by atoms with Crippen LogP contribution in [0.1, 0.15) is 140 Å². The summed E-state index contributed by atoms with van der Waals surface area (Å²) in [6.45, 7) is 25.1. The lowest BCUT2D eigenvalue weighted by atomic mass is 9.73. The van der Waals surface area contributed by atoms with Crippen LogP contribution in [0.3, 0.4) is 0 Å². The summed E-state index contributed by atoms with van der Waals surface area (Å²) in [7, 11) is 0. The molecule has 0 aromatic heterocycles. The fourth-order valence-corrected chi connectivity index (χ4v) is 10.9. The van der Waals surface area contributed by atoms with Gasteiger partial charge >= 0.3 is 0 Å². The average molecular weight is 712 g/mol. The first kappa shape index (κ1) is 40.1. The number of hydrogen-bond donors (Lipinski definition) is 1. The maximum absolute atomic E-state index is 15.0. The van der Waals surface area contributed by atoms with Gasteiger partial charge in [0.2, 0.25) is 11.7 Å². The van der Waals surface area contributed by atoms with Crippen molar-refractivity contribution in [3.63, 3.8) is 0 Å². The van der Waals surface area contributed by atoms with Crippen molar-refractivity contribution in [3.8, 4) is 0 Å². The Hall–Kier alpha value is -2.13. The SMILES string of the molecule is CC1(C)CN(C[C@@H](CC(=O)C[C@H](C(=O)N2C[C@]3(C[C@H]2C(=O)CC(CC2CCC2)C(=O)C(N)=O)C(C)(C)C32CCC2)C(C)(C)C)C(C)(C)C)CCO1. The second-order valence-electron chi connectivity index (χ2n) is 20.7. The van der Waals surface area contributed by atoms with Gasteiger partial charge in [-0.05, 0) is 73.0 Å². The lowest BCUT2D eigenvalue weighted by Gasteiger charge is -2.42. The maximum atomic E-state index is 15.0. The van der Waals surface area contributed by atoms with Crippen LogP contribution in [0.5, 0.6) is 0 Å². The number of morpholine rings is 1. The number of Topliss-reactive ketones (excluding diaryl/α,β-unsaturated/α-hetero) is 3. The Morgan fingerprint density at radius 1 is 0.843 bits per heavy atom. The van der Waals surface area contributed by atoms with Crippen molar-refractivity contribution in [2.24, 2.45) is 56.5 Å². The molecule has 2 amide bonds. The number of fused-ring (bicyclic) bond motifs is 1. The van der Waals surface area contributed by atoms with Crippen molar-refractivity contribution in [2.75, 3.05) is 32.8 Å². The van der Waals surface area contributed by atoms with Gasteiger partial charge in [-0.25, -0.2) is 0 Å². The zero-order chi connectivity index (χ0) is 37.9. The molecule has 51 heavy (non-hydrogen) atoms. The monoisotopic (exact) mass is 712 g/mol. The molecule has 1 unspecified atom stereocenters. The first-order valence-electron chi connectivity index (χ1n) is 20.0. The largest absolute Gasteiger partial charge is 0.373 e. The van der Waals surface area contributed by atoms with Gasteiger partial charge < -0.3 is 15.4 Å². The number of amides is 2. The third-order valence-electron chi connectivity index (χ3n) is 14.8. The quantitative estimate of drug-likeness (QED) is 0.207. The molecular formula is C42H69N3O6. The lowest BCUT2D eigenvalue weighted by Crippen LogP contribution is -2.51. The Bertz CT molecular complexity index is 1380. The zero-order valence-corrected chi connectivity index (χ0v) is 33.6. The standard InChI is InChI=1S/C42H69N3O6/c1-37(2,3)29(24-44-17-18-51-39(7,8)25-44)21-30(46)22-31(38(4,5)6)36(50)45-26-42(40(9,10)41(42)15-12-16-41)23-32(45)33(47)20-28(34(48)35(43)49)19-27-13-11-14-27/h27-29,31-32H,11-26H2,1-10H3,(H2,43,49)/t28?,29-,31-,32+,42-/m1/s1. The van der Waals surface area contributed by atoms with Gasteiger partial charge in [-0.2, -0.15) is 0 Å². The van der Waals surface area contributed by atoms with Gasteiger partial charge in [0.25, 0.3) is 5.91 Å². The van der Waals surface area contributed by atoms with Gasteiger partial charge in [0.05, 0.1) is 18.2 Å². The van der Waals surface area contributed by atoms with Crippen molar-refractivity contribution >= 4 is 29.2 Å². The minimum Gasteiger partial charge on any atom is -0.373 e. The second-order valence-corrected chi connectivity index (χ2v) is 20.7. The van der Waals surface area contributed by atoms with Crippen molar-refractivity contribution in [1.29, 1.82) is 0 Å². The molecule has 0 bridgehead atoms. The van der Waals surface area contributed by atoms with Gasteiger partial charge in [-0.1, -0.05) is 81.1 Å². The zero-order valence-electron chi connectivity index (χ0n) is 33.6. The number of carbonyl (C=O) groups excluding carboxylic acids is 5. The predicted octanol–water partition coefficient (Wildman–Crippen LogP) is 6.39. The fraction of sp³-hybridized carbons (Fsp3) is 0.881. The first-order chi connectivity index (χ1) is 23.4. The van der Waals surface area contributed by atoms with E-state index in [1.807, 2.05) is 25.7 Å². The van der Waals surface area contributed by atoms with E-state index in [-0.39, 0.29) is 63.5 Å². The number of ether oxygens (including phenoxy) is 1. The van der Waals surface area contributed by atoms with E-state index >= 15 is 0 Å². The molecule has 2 heterocycles. The summed E-state index contributed by atoms with van der Waals surface area (Å²) in [6, 6.07) is -0.673. The highest BCUT2D eigenvalue weighted by Gasteiger charge is 2.85. The molecule has 5 atom stereocenters. The van der Waals surface area contributed by atoms with Crippen molar-refractivity contribution < 1.29 is 28.7 Å². The third-order valence-corrected chi connectivity index (χ3v) is 14.8. The van der Waals surface area contributed by atoms with E-state index in [1.54, 1.807) is 0 Å². The molecule has 5 rings (SSSR count). The van der Waals surface area contributed by atoms with E-state index in [0.717, 1.165) is 58.2 Å². The van der Waals surface area contributed by atoms with E-state index in [9.17, 15) is 24.0 Å². The number of ketones is 3. The van der Waals surface area contributed by atoms with E-state index in [2.05, 4.69) is 53.4 Å². The summed E-state index contributed by atoms with van der Waals surface area (Å²) < 4.78 is 5.95. The number of carbonyl (C=O) groups is 5. The van der Waals surface area contributed by atoms with E-state index in [4.69, 9.17) is 10.5 Å². The number of likely N-dealkylation sites (tertiary alicyclic amines) is 1. The van der Waals surface area contributed by atoms with Gasteiger partial charge in [0.15, 0.2) is 5.78 Å². The number of hydrogen-bond acceptors (Lipinski definition) is 7. The molecule has 0 radical (unpaired) electrons. The molecule has 9 heteroatoms. The second kappa shape index (κ2) is 13.9. The number of nitrogens with zero attached hydrogens (tertiary/aromatic N) is 2. The van der Waals surface area contributed by atoms with E-state index < -0.39 is 35.0 Å². The molecule has 9 nitrogen and oxygen atoms in total. The third kappa shape index (κ3) is 7.63. The van der Waals surface area contributed by atoms with Crippen molar-refractivity contribution in [1.82, 2.24) is 9.80 Å². The Kier molecular flexibility index (Phi) is 10.9. The molecule has 0 aromatic rings. The maximum Gasteiger partial charge on any atom is 0.285 e. The minimum atomic E-state index is -0.989. The van der Waals surface area contributed by atoms with Crippen LogP contribution in [0.4, 0.5) is 0 Å². The van der Waals surface area contributed by atoms with Crippen LogP contribution < -0.4 is 5.73 Å². The van der Waals surface area contributed by atoms with Crippen LogP contribution in [-0.4, -0.2) is 83.4 Å². The smallest absolute Gasteiger partial charge is 0.285 e.